The van der Waals surface area contributed by atoms with Crippen LogP contribution in [0.1, 0.15) is 33.6 Å². The number of nitrogens with zero attached hydrogens (tertiary/aromatic N) is 1. The molecule has 8 heteroatoms. The van der Waals surface area contributed by atoms with Crippen molar-refractivity contribution in [2.24, 2.45) is 0 Å². The SMILES string of the molecule is CCC/C(=C\C=[N+](CC)CC)OS(=O)(=O)C(F)(F)F. The predicted octanol–water partition coefficient (Wildman–Crippen LogP) is 2.66. The van der Waals surface area contributed by atoms with Crippen LogP contribution in [0, 0.1) is 0 Å². The van der Waals surface area contributed by atoms with E-state index in [-0.39, 0.29) is 12.2 Å². The molecule has 0 N–H and O–H groups in total. The molecule has 0 saturated heterocycles. The van der Waals surface area contributed by atoms with Gasteiger partial charge < -0.3 is 4.18 Å². The lowest BCUT2D eigenvalue weighted by Crippen LogP contribution is -2.25. The molecule has 0 aliphatic heterocycles. The van der Waals surface area contributed by atoms with Crippen molar-refractivity contribution >= 4 is 16.3 Å². The van der Waals surface area contributed by atoms with Crippen LogP contribution in [0.3, 0.4) is 0 Å². The summed E-state index contributed by atoms with van der Waals surface area (Å²) in [5, 5.41) is 0. The molecular formula is C11H19F3NO3S+. The van der Waals surface area contributed by atoms with Crippen molar-refractivity contribution in [2.75, 3.05) is 13.1 Å². The van der Waals surface area contributed by atoms with Crippen LogP contribution in [-0.2, 0) is 14.3 Å². The highest BCUT2D eigenvalue weighted by molar-refractivity contribution is 7.87. The molecule has 0 saturated carbocycles. The lowest BCUT2D eigenvalue weighted by atomic mass is 10.3. The highest BCUT2D eigenvalue weighted by atomic mass is 32.2. The van der Waals surface area contributed by atoms with Crippen molar-refractivity contribution < 1.29 is 30.3 Å². The van der Waals surface area contributed by atoms with Crippen LogP contribution < -0.4 is 0 Å². The normalized spacial score (nSPS) is 13.3. The van der Waals surface area contributed by atoms with Crippen molar-refractivity contribution in [3.63, 3.8) is 0 Å². The van der Waals surface area contributed by atoms with E-state index in [1.807, 2.05) is 13.8 Å². The molecule has 0 fully saturated rings. The summed E-state index contributed by atoms with van der Waals surface area (Å²) in [5.74, 6) is -0.216. The molecule has 0 aromatic heterocycles. The fraction of sp³-hybridized carbons (Fsp3) is 0.727. The van der Waals surface area contributed by atoms with E-state index in [0.29, 0.717) is 19.5 Å². The van der Waals surface area contributed by atoms with E-state index in [1.165, 1.54) is 12.3 Å². The lowest BCUT2D eigenvalue weighted by molar-refractivity contribution is -0.515. The van der Waals surface area contributed by atoms with Gasteiger partial charge in [-0.05, 0) is 20.3 Å². The first-order chi connectivity index (χ1) is 8.67. The first-order valence-corrected chi connectivity index (χ1v) is 7.37. The van der Waals surface area contributed by atoms with Crippen molar-refractivity contribution in [3.8, 4) is 0 Å². The quantitative estimate of drug-likeness (QED) is 0.239. The molecule has 0 aliphatic rings. The summed E-state index contributed by atoms with van der Waals surface area (Å²) in [7, 11) is -5.59. The van der Waals surface area contributed by atoms with Crippen LogP contribution in [0.2, 0.25) is 0 Å². The predicted molar refractivity (Wildman–Crippen MR) is 66.5 cm³/mol. The second-order valence-electron chi connectivity index (χ2n) is 3.74. The molecule has 112 valence electrons. The Labute approximate surface area is 111 Å². The molecule has 0 rings (SSSR count). The molecule has 0 radical (unpaired) electrons. The van der Waals surface area contributed by atoms with E-state index in [0.717, 1.165) is 0 Å². The van der Waals surface area contributed by atoms with E-state index in [9.17, 15) is 21.6 Å². The molecule has 4 nitrogen and oxygen atoms in total. The standard InChI is InChI=1S/C11H19F3NO3S/c1-4-7-10(8-9-15(5-2)6-3)18-19(16,17)11(12,13)14/h8-9H,4-7H2,1-3H3/q+1/b10-8+. The van der Waals surface area contributed by atoms with Crippen LogP contribution in [0.25, 0.3) is 0 Å². The molecule has 19 heavy (non-hydrogen) atoms. The van der Waals surface area contributed by atoms with Gasteiger partial charge in [-0.15, -0.1) is 0 Å². The molecule has 0 unspecified atom stereocenters. The lowest BCUT2D eigenvalue weighted by Gasteiger charge is -2.11. The van der Waals surface area contributed by atoms with Crippen LogP contribution in [0.4, 0.5) is 13.2 Å². The smallest absolute Gasteiger partial charge is 0.380 e. The van der Waals surface area contributed by atoms with E-state index in [4.69, 9.17) is 0 Å². The Bertz CT molecular complexity index is 433. The summed E-state index contributed by atoms with van der Waals surface area (Å²) in [6.45, 7) is 6.80. The summed E-state index contributed by atoms with van der Waals surface area (Å²) < 4.78 is 64.4. The van der Waals surface area contributed by atoms with Gasteiger partial charge in [0.2, 0.25) is 0 Å². The van der Waals surface area contributed by atoms with Gasteiger partial charge in [-0.3, -0.25) is 0 Å². The van der Waals surface area contributed by atoms with E-state index in [1.54, 1.807) is 11.5 Å². The summed E-state index contributed by atoms with van der Waals surface area (Å²) in [5.41, 5.74) is -5.41. The molecule has 0 aromatic rings. The second kappa shape index (κ2) is 7.52. The third-order valence-electron chi connectivity index (χ3n) is 2.28. The number of hydrogen-bond acceptors (Lipinski definition) is 3. The molecule has 0 aliphatic carbocycles. The zero-order valence-electron chi connectivity index (χ0n) is 11.2. The van der Waals surface area contributed by atoms with Crippen LogP contribution in [0.5, 0.6) is 0 Å². The maximum atomic E-state index is 12.2. The average Bonchev–Trinajstić information content (AvgIpc) is 2.28. The van der Waals surface area contributed by atoms with E-state index < -0.39 is 15.6 Å². The topological polar surface area (TPSA) is 46.4 Å². The van der Waals surface area contributed by atoms with Gasteiger partial charge >= 0.3 is 15.6 Å². The van der Waals surface area contributed by atoms with Gasteiger partial charge in [0.1, 0.15) is 18.8 Å². The van der Waals surface area contributed by atoms with Gasteiger partial charge in [0, 0.05) is 12.5 Å². The van der Waals surface area contributed by atoms with Gasteiger partial charge in [-0.25, -0.2) is 4.58 Å². The maximum absolute atomic E-state index is 12.2. The Morgan fingerprint density at radius 2 is 1.74 bits per heavy atom. The Morgan fingerprint density at radius 1 is 1.21 bits per heavy atom. The Balaban J connectivity index is 5.15. The van der Waals surface area contributed by atoms with E-state index in [2.05, 4.69) is 4.18 Å². The molecule has 0 bridgehead atoms. The van der Waals surface area contributed by atoms with Crippen LogP contribution in [0.15, 0.2) is 11.8 Å². The fourth-order valence-corrected chi connectivity index (χ4v) is 1.73. The van der Waals surface area contributed by atoms with Crippen molar-refractivity contribution in [2.45, 2.75) is 39.1 Å². The average molecular weight is 302 g/mol. The first-order valence-electron chi connectivity index (χ1n) is 5.96. The van der Waals surface area contributed by atoms with Gasteiger partial charge in [-0.1, -0.05) is 6.92 Å². The fourth-order valence-electron chi connectivity index (χ4n) is 1.21. The molecule has 0 amide bonds. The molecule has 0 aromatic carbocycles. The van der Waals surface area contributed by atoms with Gasteiger partial charge in [0.25, 0.3) is 0 Å². The zero-order valence-corrected chi connectivity index (χ0v) is 12.0. The second-order valence-corrected chi connectivity index (χ2v) is 5.27. The Hall–Kier alpha value is -1.05. The number of hydrogen-bond donors (Lipinski definition) is 0. The minimum Gasteiger partial charge on any atom is -0.380 e. The zero-order chi connectivity index (χ0) is 15.1. The van der Waals surface area contributed by atoms with E-state index >= 15 is 0 Å². The van der Waals surface area contributed by atoms with Crippen LogP contribution >= 0.6 is 0 Å². The summed E-state index contributed by atoms with van der Waals surface area (Å²) in [6.07, 6.45) is 3.38. The van der Waals surface area contributed by atoms with Crippen molar-refractivity contribution in [3.05, 3.63) is 11.8 Å². The molecule has 0 heterocycles. The summed E-state index contributed by atoms with van der Waals surface area (Å²) in [4.78, 5) is 0. The maximum Gasteiger partial charge on any atom is 0.534 e. The third-order valence-corrected chi connectivity index (χ3v) is 3.28. The number of alkyl halides is 3. The molecule has 0 spiro atoms. The third kappa shape index (κ3) is 6.09. The van der Waals surface area contributed by atoms with Gasteiger partial charge in [0.15, 0.2) is 6.21 Å². The Kier molecular flexibility index (Phi) is 7.10. The molecular weight excluding hydrogens is 283 g/mol. The highest BCUT2D eigenvalue weighted by Gasteiger charge is 2.48. The molecule has 0 atom stereocenters. The number of rotatable bonds is 7. The van der Waals surface area contributed by atoms with Gasteiger partial charge in [-0.2, -0.15) is 21.6 Å². The largest absolute Gasteiger partial charge is 0.534 e. The number of allylic oxidation sites excluding steroid dienone is 2. The monoisotopic (exact) mass is 302 g/mol. The summed E-state index contributed by atoms with van der Waals surface area (Å²) >= 11 is 0. The van der Waals surface area contributed by atoms with Crippen molar-refractivity contribution in [1.29, 1.82) is 0 Å². The van der Waals surface area contributed by atoms with Crippen LogP contribution in [-0.4, -0.2) is 37.8 Å². The Morgan fingerprint density at radius 3 is 2.11 bits per heavy atom. The van der Waals surface area contributed by atoms with Crippen molar-refractivity contribution in [1.82, 2.24) is 0 Å². The highest BCUT2D eigenvalue weighted by Crippen LogP contribution is 2.27. The first kappa shape index (κ1) is 17.9. The summed E-state index contributed by atoms with van der Waals surface area (Å²) in [6, 6.07) is 0. The van der Waals surface area contributed by atoms with Gasteiger partial charge in [0.05, 0.1) is 0 Å². The minimum absolute atomic E-state index is 0.118. The minimum atomic E-state index is -5.59. The number of halogens is 3.